The van der Waals surface area contributed by atoms with Crippen LogP contribution in [0.4, 0.5) is 9.18 Å². The van der Waals surface area contributed by atoms with Gasteiger partial charge in [-0.2, -0.15) is 0 Å². The number of carbonyl (C=O) groups excluding carboxylic acids is 1. The smallest absolute Gasteiger partial charge is 0.318 e. The molecule has 2 amide bonds. The zero-order valence-electron chi connectivity index (χ0n) is 17.5. The summed E-state index contributed by atoms with van der Waals surface area (Å²) >= 11 is 0. The second-order valence-corrected chi connectivity index (χ2v) is 7.53. The van der Waals surface area contributed by atoms with E-state index in [9.17, 15) is 9.18 Å². The van der Waals surface area contributed by atoms with Gasteiger partial charge in [0.25, 0.3) is 0 Å². The molecule has 1 aromatic heterocycles. The fourth-order valence-electron chi connectivity index (χ4n) is 3.86. The van der Waals surface area contributed by atoms with Crippen LogP contribution in [0.25, 0.3) is 0 Å². The van der Waals surface area contributed by atoms with Gasteiger partial charge in [0, 0.05) is 38.3 Å². The van der Waals surface area contributed by atoms with Crippen molar-refractivity contribution in [3.8, 4) is 5.75 Å². The van der Waals surface area contributed by atoms with E-state index < -0.39 is 0 Å². The molecule has 1 N–H and O–H groups in total. The van der Waals surface area contributed by atoms with Crippen molar-refractivity contribution in [3.63, 3.8) is 0 Å². The number of benzene rings is 2. The summed E-state index contributed by atoms with van der Waals surface area (Å²) in [5.41, 5.74) is 1.77. The molecular formula is C24H26FN3O3. The Hall–Kier alpha value is -3.32. The Bertz CT molecular complexity index is 987. The van der Waals surface area contributed by atoms with Gasteiger partial charge in [0.05, 0.1) is 13.4 Å². The highest BCUT2D eigenvalue weighted by atomic mass is 19.1. The van der Waals surface area contributed by atoms with Gasteiger partial charge >= 0.3 is 6.03 Å². The van der Waals surface area contributed by atoms with E-state index in [4.69, 9.17) is 9.15 Å². The van der Waals surface area contributed by atoms with Crippen LogP contribution in [0.15, 0.2) is 71.3 Å². The van der Waals surface area contributed by atoms with Crippen LogP contribution >= 0.6 is 0 Å². The number of nitrogens with one attached hydrogen (secondary N) is 1. The van der Waals surface area contributed by atoms with Crippen molar-refractivity contribution in [2.75, 3.05) is 33.3 Å². The average molecular weight is 423 g/mol. The number of urea groups is 1. The van der Waals surface area contributed by atoms with Crippen molar-refractivity contribution in [1.29, 1.82) is 0 Å². The fraction of sp³-hybridized carbons (Fsp3) is 0.292. The van der Waals surface area contributed by atoms with Gasteiger partial charge in [-0.15, -0.1) is 0 Å². The van der Waals surface area contributed by atoms with E-state index in [-0.39, 0.29) is 17.9 Å². The molecule has 1 aliphatic heterocycles. The number of rotatable bonds is 6. The molecular weight excluding hydrogens is 397 g/mol. The minimum absolute atomic E-state index is 0.131. The number of piperazine rings is 1. The van der Waals surface area contributed by atoms with E-state index in [1.165, 1.54) is 12.1 Å². The average Bonchev–Trinajstić information content (AvgIpc) is 3.33. The maximum Gasteiger partial charge on any atom is 0.318 e. The normalized spacial score (nSPS) is 15.5. The first-order chi connectivity index (χ1) is 15.1. The third kappa shape index (κ3) is 5.06. The van der Waals surface area contributed by atoms with Crippen LogP contribution in [0.5, 0.6) is 5.75 Å². The highest BCUT2D eigenvalue weighted by molar-refractivity contribution is 5.75. The summed E-state index contributed by atoms with van der Waals surface area (Å²) in [6.07, 6.45) is 1.61. The molecule has 4 rings (SSSR count). The van der Waals surface area contributed by atoms with Crippen LogP contribution in [0.3, 0.4) is 0 Å². The fourth-order valence-corrected chi connectivity index (χ4v) is 3.86. The lowest BCUT2D eigenvalue weighted by molar-refractivity contribution is 0.133. The maximum absolute atomic E-state index is 13.6. The summed E-state index contributed by atoms with van der Waals surface area (Å²) in [7, 11) is 1.58. The molecule has 1 saturated heterocycles. The van der Waals surface area contributed by atoms with Crippen LogP contribution in [0, 0.1) is 5.82 Å². The van der Waals surface area contributed by atoms with Crippen LogP contribution in [-0.4, -0.2) is 49.1 Å². The predicted octanol–water partition coefficient (Wildman–Crippen LogP) is 4.04. The lowest BCUT2D eigenvalue weighted by Gasteiger charge is -2.35. The Morgan fingerprint density at radius 3 is 2.55 bits per heavy atom. The molecule has 0 saturated carbocycles. The van der Waals surface area contributed by atoms with Crippen molar-refractivity contribution < 1.29 is 18.3 Å². The Kier molecular flexibility index (Phi) is 6.52. The minimum atomic E-state index is -0.349. The summed E-state index contributed by atoms with van der Waals surface area (Å²) in [6, 6.07) is 17.5. The summed E-state index contributed by atoms with van der Waals surface area (Å²) < 4.78 is 24.6. The molecule has 1 fully saturated rings. The summed E-state index contributed by atoms with van der Waals surface area (Å²) in [5, 5.41) is 3.10. The summed E-state index contributed by atoms with van der Waals surface area (Å²) in [5.74, 6) is 1.08. The Morgan fingerprint density at radius 2 is 1.87 bits per heavy atom. The van der Waals surface area contributed by atoms with Gasteiger partial charge in [-0.25, -0.2) is 9.18 Å². The van der Waals surface area contributed by atoms with Gasteiger partial charge in [0.1, 0.15) is 23.4 Å². The molecule has 3 aromatic rings. The van der Waals surface area contributed by atoms with Crippen molar-refractivity contribution in [1.82, 2.24) is 15.1 Å². The molecule has 7 heteroatoms. The van der Waals surface area contributed by atoms with E-state index in [2.05, 4.69) is 10.2 Å². The number of hydrogen-bond acceptors (Lipinski definition) is 4. The summed E-state index contributed by atoms with van der Waals surface area (Å²) in [4.78, 5) is 17.0. The van der Waals surface area contributed by atoms with Crippen molar-refractivity contribution in [2.24, 2.45) is 0 Å². The molecule has 0 spiro atoms. The first-order valence-electron chi connectivity index (χ1n) is 10.3. The first-order valence-corrected chi connectivity index (χ1v) is 10.3. The molecule has 2 aromatic carbocycles. The van der Waals surface area contributed by atoms with E-state index in [1.54, 1.807) is 24.3 Å². The van der Waals surface area contributed by atoms with E-state index in [0.29, 0.717) is 44.2 Å². The lowest BCUT2D eigenvalue weighted by atomic mass is 10.0. The van der Waals surface area contributed by atoms with Gasteiger partial charge in [0.2, 0.25) is 0 Å². The monoisotopic (exact) mass is 423 g/mol. The van der Waals surface area contributed by atoms with Crippen molar-refractivity contribution in [2.45, 2.75) is 12.6 Å². The third-order valence-corrected chi connectivity index (χ3v) is 5.52. The molecule has 1 aliphatic rings. The highest BCUT2D eigenvalue weighted by Crippen LogP contribution is 2.24. The number of furan rings is 1. The largest absolute Gasteiger partial charge is 0.496 e. The van der Waals surface area contributed by atoms with Gasteiger partial charge in [-0.3, -0.25) is 4.90 Å². The van der Waals surface area contributed by atoms with E-state index in [0.717, 1.165) is 11.1 Å². The quantitative estimate of drug-likeness (QED) is 0.650. The second-order valence-electron chi connectivity index (χ2n) is 7.53. The molecule has 31 heavy (non-hydrogen) atoms. The minimum Gasteiger partial charge on any atom is -0.496 e. The molecule has 1 atom stereocenters. The molecule has 0 bridgehead atoms. The molecule has 2 heterocycles. The summed E-state index contributed by atoms with van der Waals surface area (Å²) in [6.45, 7) is 3.15. The zero-order valence-corrected chi connectivity index (χ0v) is 17.5. The number of ether oxygens (including phenoxy) is 1. The van der Waals surface area contributed by atoms with Gasteiger partial charge in [0.15, 0.2) is 0 Å². The van der Waals surface area contributed by atoms with Gasteiger partial charge in [-0.05, 0) is 35.9 Å². The number of halogens is 1. The lowest BCUT2D eigenvalue weighted by Crippen LogP contribution is -2.52. The molecule has 0 radical (unpaired) electrons. The standard InChI is InChI=1S/C24H26FN3O3/c1-30-21-10-9-20(25)16-19(21)17-27-11-13-28(14-12-27)24(29)26-23(22-8-5-15-31-22)18-6-3-2-4-7-18/h2-10,15-16,23H,11-14,17H2,1H3,(H,26,29). The molecule has 6 nitrogen and oxygen atoms in total. The predicted molar refractivity (Wildman–Crippen MR) is 115 cm³/mol. The maximum atomic E-state index is 13.6. The number of hydrogen-bond donors (Lipinski definition) is 1. The van der Waals surface area contributed by atoms with Crippen molar-refractivity contribution >= 4 is 6.03 Å². The van der Waals surface area contributed by atoms with Crippen molar-refractivity contribution in [3.05, 3.63) is 89.6 Å². The first kappa shape index (κ1) is 20.9. The van der Waals surface area contributed by atoms with Crippen LogP contribution < -0.4 is 10.1 Å². The zero-order chi connectivity index (χ0) is 21.6. The van der Waals surface area contributed by atoms with E-state index >= 15 is 0 Å². The van der Waals surface area contributed by atoms with Crippen LogP contribution in [0.1, 0.15) is 22.9 Å². The topological polar surface area (TPSA) is 58.0 Å². The SMILES string of the molecule is COc1ccc(F)cc1CN1CCN(C(=O)NC(c2ccccc2)c2ccco2)CC1. The second kappa shape index (κ2) is 9.66. The van der Waals surface area contributed by atoms with Gasteiger partial charge < -0.3 is 19.4 Å². The van der Waals surface area contributed by atoms with E-state index in [1.807, 2.05) is 42.5 Å². The number of amides is 2. The van der Waals surface area contributed by atoms with Crippen LogP contribution in [-0.2, 0) is 6.54 Å². The van der Waals surface area contributed by atoms with Crippen LogP contribution in [0.2, 0.25) is 0 Å². The Labute approximate surface area is 181 Å². The molecule has 1 unspecified atom stereocenters. The Morgan fingerprint density at radius 1 is 1.10 bits per heavy atom. The molecule has 0 aliphatic carbocycles. The third-order valence-electron chi connectivity index (χ3n) is 5.52. The number of nitrogens with zero attached hydrogens (tertiary/aromatic N) is 2. The molecule has 162 valence electrons. The van der Waals surface area contributed by atoms with Gasteiger partial charge in [-0.1, -0.05) is 30.3 Å². The highest BCUT2D eigenvalue weighted by Gasteiger charge is 2.26. The number of methoxy groups -OCH3 is 1. The number of carbonyl (C=O) groups is 1. The Balaban J connectivity index is 1.37.